The van der Waals surface area contributed by atoms with Crippen LogP contribution in [-0.4, -0.2) is 89.9 Å². The molecule has 1 aromatic carbocycles. The highest BCUT2D eigenvalue weighted by atomic mass is 32.2. The SMILES string of the molecule is CCO/N=C(\C(=O)NC1C(=O)N2C(C(=O)OCc3ccc(OC)cc3)=C(C[n+]3cccc4c3ncn4C)CSC12)c1nsc(NC(=O)OC(C)(C)C)n1. The minimum Gasteiger partial charge on any atom is -0.497 e. The van der Waals surface area contributed by atoms with Crippen molar-refractivity contribution in [1.82, 2.24) is 29.1 Å². The zero-order valence-corrected chi connectivity index (χ0v) is 31.4. The van der Waals surface area contributed by atoms with E-state index in [1.54, 1.807) is 65.4 Å². The molecular formula is C34H38N9O8S2+. The van der Waals surface area contributed by atoms with Crippen LogP contribution in [0.3, 0.4) is 0 Å². The number of amides is 3. The second kappa shape index (κ2) is 15.6. The maximum absolute atomic E-state index is 13.9. The van der Waals surface area contributed by atoms with Gasteiger partial charge in [0.25, 0.3) is 11.8 Å². The number of thioether (sulfide) groups is 1. The number of β-lactam (4-membered cyclic amide) rings is 1. The minimum atomic E-state index is -1.02. The van der Waals surface area contributed by atoms with E-state index >= 15 is 0 Å². The molecule has 0 spiro atoms. The van der Waals surface area contributed by atoms with E-state index in [9.17, 15) is 19.2 Å². The number of pyridine rings is 1. The Kier molecular flexibility index (Phi) is 10.9. The van der Waals surface area contributed by atoms with Crippen LogP contribution >= 0.6 is 23.3 Å². The number of imidazole rings is 1. The quantitative estimate of drug-likeness (QED) is 0.0706. The molecule has 0 aliphatic carbocycles. The molecule has 17 nitrogen and oxygen atoms in total. The number of esters is 1. The average molecular weight is 765 g/mol. The van der Waals surface area contributed by atoms with Crippen molar-refractivity contribution in [3.63, 3.8) is 0 Å². The topological polar surface area (TPSA) is 192 Å². The summed E-state index contributed by atoms with van der Waals surface area (Å²) in [6, 6.07) is 9.91. The molecule has 1 saturated heterocycles. The molecule has 2 unspecified atom stereocenters. The molecule has 2 N–H and O–H groups in total. The molecule has 19 heteroatoms. The molecule has 3 amide bonds. The molecule has 278 valence electrons. The first-order valence-electron chi connectivity index (χ1n) is 16.5. The van der Waals surface area contributed by atoms with Gasteiger partial charge in [-0.2, -0.15) is 9.36 Å². The Morgan fingerprint density at radius 2 is 1.92 bits per heavy atom. The molecule has 1 fully saturated rings. The highest BCUT2D eigenvalue weighted by Gasteiger charge is 2.55. The molecular weight excluding hydrogens is 727 g/mol. The number of anilines is 1. The number of oxime groups is 1. The fourth-order valence-corrected chi connectivity index (χ4v) is 7.39. The van der Waals surface area contributed by atoms with E-state index in [1.807, 2.05) is 34.5 Å². The van der Waals surface area contributed by atoms with E-state index < -0.39 is 40.9 Å². The van der Waals surface area contributed by atoms with Crippen LogP contribution in [0.1, 0.15) is 39.1 Å². The fraction of sp³-hybridized carbons (Fsp3) is 0.382. The third-order valence-electron chi connectivity index (χ3n) is 7.92. The Labute approximate surface area is 312 Å². The van der Waals surface area contributed by atoms with Gasteiger partial charge in [0, 0.05) is 29.9 Å². The van der Waals surface area contributed by atoms with Crippen LogP contribution in [0.25, 0.3) is 11.2 Å². The number of aromatic nitrogens is 5. The number of nitrogens with one attached hydrogen (secondary N) is 2. The van der Waals surface area contributed by atoms with Gasteiger partial charge in [-0.15, -0.1) is 11.8 Å². The first kappa shape index (κ1) is 37.2. The van der Waals surface area contributed by atoms with Crippen molar-refractivity contribution >= 4 is 69.2 Å². The van der Waals surface area contributed by atoms with Gasteiger partial charge < -0.3 is 28.9 Å². The number of benzene rings is 1. The molecule has 2 aliphatic rings. The van der Waals surface area contributed by atoms with Crippen LogP contribution in [0.2, 0.25) is 0 Å². The van der Waals surface area contributed by atoms with Gasteiger partial charge in [0.15, 0.2) is 0 Å². The van der Waals surface area contributed by atoms with Crippen LogP contribution in [0.5, 0.6) is 5.75 Å². The number of aryl methyl sites for hydroxylation is 1. The van der Waals surface area contributed by atoms with Crippen molar-refractivity contribution in [3.8, 4) is 5.75 Å². The van der Waals surface area contributed by atoms with E-state index in [4.69, 9.17) is 19.0 Å². The first-order chi connectivity index (χ1) is 25.4. The monoisotopic (exact) mass is 764 g/mol. The summed E-state index contributed by atoms with van der Waals surface area (Å²) in [5.74, 6) is -1.08. The first-order valence-corrected chi connectivity index (χ1v) is 18.3. The van der Waals surface area contributed by atoms with Crippen molar-refractivity contribution in [2.45, 2.75) is 57.9 Å². The normalized spacial score (nSPS) is 17.2. The van der Waals surface area contributed by atoms with E-state index in [1.165, 1.54) is 16.7 Å². The second-order valence-corrected chi connectivity index (χ2v) is 14.7. The Morgan fingerprint density at radius 1 is 1.15 bits per heavy atom. The molecule has 0 bridgehead atoms. The van der Waals surface area contributed by atoms with Crippen molar-refractivity contribution in [2.75, 3.05) is 24.8 Å². The predicted octanol–water partition coefficient (Wildman–Crippen LogP) is 2.91. The minimum absolute atomic E-state index is 0.0365. The smallest absolute Gasteiger partial charge is 0.414 e. The van der Waals surface area contributed by atoms with Gasteiger partial charge in [-0.25, -0.2) is 14.2 Å². The number of hydrogen-bond donors (Lipinski definition) is 2. The van der Waals surface area contributed by atoms with Gasteiger partial charge in [-0.1, -0.05) is 17.3 Å². The van der Waals surface area contributed by atoms with Crippen LogP contribution in [0.4, 0.5) is 9.93 Å². The van der Waals surface area contributed by atoms with E-state index in [-0.39, 0.29) is 42.1 Å². The lowest BCUT2D eigenvalue weighted by Gasteiger charge is -2.49. The molecule has 4 aromatic rings. The molecule has 53 heavy (non-hydrogen) atoms. The molecule has 2 atom stereocenters. The average Bonchev–Trinajstić information content (AvgIpc) is 3.75. The van der Waals surface area contributed by atoms with E-state index in [0.717, 1.165) is 22.6 Å². The Hall–Kier alpha value is -5.56. The third kappa shape index (κ3) is 8.25. The zero-order valence-electron chi connectivity index (χ0n) is 29.8. The van der Waals surface area contributed by atoms with Crippen molar-refractivity contribution in [1.29, 1.82) is 0 Å². The van der Waals surface area contributed by atoms with Gasteiger partial charge >= 0.3 is 17.7 Å². The van der Waals surface area contributed by atoms with E-state index in [2.05, 4.69) is 30.1 Å². The van der Waals surface area contributed by atoms with Gasteiger partial charge in [-0.3, -0.25) is 19.8 Å². The summed E-state index contributed by atoms with van der Waals surface area (Å²) in [7, 11) is 3.46. The van der Waals surface area contributed by atoms with Crippen LogP contribution in [0.15, 0.2) is 65.3 Å². The lowest BCUT2D eigenvalue weighted by molar-refractivity contribution is -0.664. The maximum atomic E-state index is 13.9. The summed E-state index contributed by atoms with van der Waals surface area (Å²) < 4.78 is 24.2. The molecule has 2 aliphatic heterocycles. The molecule has 0 saturated carbocycles. The summed E-state index contributed by atoms with van der Waals surface area (Å²) >= 11 is 2.21. The van der Waals surface area contributed by atoms with Crippen molar-refractivity contribution < 1.29 is 42.8 Å². The number of methoxy groups -OCH3 is 1. The Morgan fingerprint density at radius 3 is 2.64 bits per heavy atom. The number of carbonyl (C=O) groups is 4. The number of carbonyl (C=O) groups excluding carboxylic acids is 4. The Bertz CT molecular complexity index is 2110. The van der Waals surface area contributed by atoms with Gasteiger partial charge in [0.05, 0.1) is 13.3 Å². The highest BCUT2D eigenvalue weighted by Crippen LogP contribution is 2.41. The van der Waals surface area contributed by atoms with Crippen molar-refractivity contribution in [2.24, 2.45) is 12.2 Å². The molecule has 3 aromatic heterocycles. The maximum Gasteiger partial charge on any atom is 0.414 e. The van der Waals surface area contributed by atoms with Gasteiger partial charge in [0.2, 0.25) is 23.0 Å². The summed E-state index contributed by atoms with van der Waals surface area (Å²) in [6.45, 7) is 7.20. The summed E-state index contributed by atoms with van der Waals surface area (Å²) in [4.78, 5) is 68.9. The van der Waals surface area contributed by atoms with Crippen LogP contribution in [-0.2, 0) is 48.9 Å². The van der Waals surface area contributed by atoms with Crippen molar-refractivity contribution in [3.05, 3.63) is 71.6 Å². The number of hydrogen-bond acceptors (Lipinski definition) is 14. The molecule has 6 rings (SSSR count). The Balaban J connectivity index is 1.23. The summed E-state index contributed by atoms with van der Waals surface area (Å²) in [5.41, 5.74) is 2.06. The summed E-state index contributed by atoms with van der Waals surface area (Å²) in [5, 5.41) is 8.54. The largest absolute Gasteiger partial charge is 0.497 e. The fourth-order valence-electron chi connectivity index (χ4n) is 5.50. The van der Waals surface area contributed by atoms with Crippen LogP contribution < -0.4 is 19.9 Å². The zero-order chi connectivity index (χ0) is 37.9. The third-order valence-corrected chi connectivity index (χ3v) is 9.89. The molecule has 5 heterocycles. The number of nitrogens with zero attached hydrogens (tertiary/aromatic N) is 7. The van der Waals surface area contributed by atoms with Gasteiger partial charge in [0.1, 0.15) is 53.7 Å². The van der Waals surface area contributed by atoms with E-state index in [0.29, 0.717) is 22.7 Å². The number of ether oxygens (including phenoxy) is 3. The lowest BCUT2D eigenvalue weighted by Crippen LogP contribution is -2.71. The molecule has 0 radical (unpaired) electrons. The number of fused-ring (bicyclic) bond motifs is 2. The highest BCUT2D eigenvalue weighted by molar-refractivity contribution is 8.00. The lowest BCUT2D eigenvalue weighted by atomic mass is 10.0. The predicted molar refractivity (Wildman–Crippen MR) is 194 cm³/mol. The van der Waals surface area contributed by atoms with Gasteiger partial charge in [-0.05, 0) is 62.5 Å². The summed E-state index contributed by atoms with van der Waals surface area (Å²) in [6.07, 6.45) is 2.82. The standard InChI is InChI=1S/C34H37N9O8S2/c1-7-50-39-23(26-37-32(53-40-26)38-33(47)51-34(2,3)4)28(44)36-24-29(45)43-25(31(46)49-16-19-10-12-21(48-6)13-11-19)20(17-52-30(24)43)15-42-14-8-9-22-27(42)35-18-41(22)5/h8-14,18,24,30H,7,15-17H2,1-6H3,(H-,36,37,38,40,44,47)/p+1/b39-23-. The second-order valence-electron chi connectivity index (χ2n) is 12.8. The number of rotatable bonds is 12. The van der Waals surface area contributed by atoms with Crippen LogP contribution in [0, 0.1) is 0 Å².